The van der Waals surface area contributed by atoms with Crippen LogP contribution < -0.4 is 0 Å². The highest BCUT2D eigenvalue weighted by Gasteiger charge is 2.11. The predicted octanol–water partition coefficient (Wildman–Crippen LogP) is 3.25. The summed E-state index contributed by atoms with van der Waals surface area (Å²) in [6.45, 7) is 5.58. The maximum atomic E-state index is 11.2. The van der Waals surface area contributed by atoms with Gasteiger partial charge in [-0.25, -0.2) is 4.79 Å². The average Bonchev–Trinajstić information content (AvgIpc) is 2.13. The van der Waals surface area contributed by atoms with Crippen LogP contribution in [0.25, 0.3) is 0 Å². The van der Waals surface area contributed by atoms with Crippen LogP contribution in [0.1, 0.15) is 40.0 Å². The van der Waals surface area contributed by atoms with Crippen molar-refractivity contribution < 1.29 is 9.53 Å². The van der Waals surface area contributed by atoms with Crippen molar-refractivity contribution >= 4 is 17.6 Å². The van der Waals surface area contributed by atoms with Crippen LogP contribution in [0.2, 0.25) is 0 Å². The van der Waals surface area contributed by atoms with Crippen LogP contribution in [0.15, 0.2) is 11.6 Å². The summed E-state index contributed by atoms with van der Waals surface area (Å²) in [4.78, 5) is 11.2. The van der Waals surface area contributed by atoms with E-state index < -0.39 is 5.56 Å². The molecule has 0 radical (unpaired) electrons. The summed E-state index contributed by atoms with van der Waals surface area (Å²) in [5.41, 5.74) is 0.115. The topological polar surface area (TPSA) is 26.3 Å². The van der Waals surface area contributed by atoms with E-state index in [9.17, 15) is 4.79 Å². The lowest BCUT2D eigenvalue weighted by Gasteiger charge is -2.10. The van der Waals surface area contributed by atoms with Gasteiger partial charge in [-0.15, -0.1) is 0 Å². The molecule has 0 aromatic rings. The van der Waals surface area contributed by atoms with Gasteiger partial charge in [0.1, 0.15) is 0 Å². The van der Waals surface area contributed by atoms with Crippen LogP contribution in [0.4, 0.5) is 0 Å². The molecule has 0 saturated heterocycles. The second kappa shape index (κ2) is 6.96. The van der Waals surface area contributed by atoms with E-state index >= 15 is 0 Å². The second-order valence-electron chi connectivity index (χ2n) is 2.93. The van der Waals surface area contributed by atoms with Crippen molar-refractivity contribution in [1.29, 1.82) is 0 Å². The number of rotatable bonds is 5. The van der Waals surface area contributed by atoms with E-state index in [1.165, 1.54) is 0 Å². The number of unbranched alkanes of at least 4 members (excludes halogenated alkanes) is 1. The van der Waals surface area contributed by atoms with Gasteiger partial charge in [-0.05, 0) is 26.7 Å². The van der Waals surface area contributed by atoms with Gasteiger partial charge in [0.05, 0.1) is 0 Å². The third-order valence-corrected chi connectivity index (χ3v) is 2.08. The third-order valence-electron chi connectivity index (χ3n) is 1.77. The number of halogens is 1. The number of alkyl halides is 1. The van der Waals surface area contributed by atoms with Crippen LogP contribution in [-0.4, -0.2) is 11.5 Å². The first-order valence-electron chi connectivity index (χ1n) is 4.59. The number of allylic oxidation sites excluding steroid dienone is 1. The largest absolute Gasteiger partial charge is 0.443 e. The molecule has 0 aliphatic rings. The lowest BCUT2D eigenvalue weighted by molar-refractivity contribution is -0.140. The molecule has 2 nitrogen and oxygen atoms in total. The summed E-state index contributed by atoms with van der Waals surface area (Å²) < 4.78 is 4.96. The van der Waals surface area contributed by atoms with Crippen LogP contribution >= 0.6 is 11.6 Å². The van der Waals surface area contributed by atoms with Crippen molar-refractivity contribution in [3.63, 3.8) is 0 Å². The van der Waals surface area contributed by atoms with Gasteiger partial charge in [0, 0.05) is 5.57 Å². The number of hydrogen-bond donors (Lipinski definition) is 0. The smallest absolute Gasteiger partial charge is 0.334 e. The standard InChI is InChI=1S/C10H17ClO2/c1-4-6-7-9(11)13-10(12)8(3)5-2/h5,9H,4,6-7H2,1-3H3. The zero-order valence-electron chi connectivity index (χ0n) is 8.47. The fourth-order valence-electron chi connectivity index (χ4n) is 0.750. The summed E-state index contributed by atoms with van der Waals surface area (Å²) in [6, 6.07) is 0. The molecule has 0 N–H and O–H groups in total. The highest BCUT2D eigenvalue weighted by molar-refractivity contribution is 6.20. The van der Waals surface area contributed by atoms with Crippen molar-refractivity contribution in [2.24, 2.45) is 0 Å². The van der Waals surface area contributed by atoms with E-state index in [1.807, 2.05) is 0 Å². The lowest BCUT2D eigenvalue weighted by Crippen LogP contribution is -2.13. The predicted molar refractivity (Wildman–Crippen MR) is 54.7 cm³/mol. The Morgan fingerprint density at radius 3 is 2.69 bits per heavy atom. The quantitative estimate of drug-likeness (QED) is 0.391. The number of carbonyl (C=O) groups is 1. The Balaban J connectivity index is 3.78. The zero-order valence-corrected chi connectivity index (χ0v) is 9.23. The number of carbonyl (C=O) groups excluding carboxylic acids is 1. The van der Waals surface area contributed by atoms with Crippen LogP contribution in [0.3, 0.4) is 0 Å². The molecule has 1 atom stereocenters. The Labute approximate surface area is 84.9 Å². The molecular formula is C10H17ClO2. The van der Waals surface area contributed by atoms with E-state index in [0.29, 0.717) is 5.57 Å². The van der Waals surface area contributed by atoms with Gasteiger partial charge >= 0.3 is 5.97 Å². The van der Waals surface area contributed by atoms with Crippen LogP contribution in [-0.2, 0) is 9.53 Å². The molecule has 13 heavy (non-hydrogen) atoms. The van der Waals surface area contributed by atoms with Gasteiger partial charge in [-0.3, -0.25) is 0 Å². The first-order chi connectivity index (χ1) is 6.11. The van der Waals surface area contributed by atoms with Crippen molar-refractivity contribution in [3.05, 3.63) is 11.6 Å². The Bertz CT molecular complexity index is 187. The minimum Gasteiger partial charge on any atom is -0.443 e. The third kappa shape index (κ3) is 5.69. The summed E-state index contributed by atoms with van der Waals surface area (Å²) in [5.74, 6) is -0.321. The Morgan fingerprint density at radius 1 is 1.62 bits per heavy atom. The molecule has 0 aliphatic heterocycles. The van der Waals surface area contributed by atoms with Crippen molar-refractivity contribution in [2.75, 3.05) is 0 Å². The van der Waals surface area contributed by atoms with Gasteiger partial charge in [-0.2, -0.15) is 0 Å². The highest BCUT2D eigenvalue weighted by Crippen LogP contribution is 2.11. The fraction of sp³-hybridized carbons (Fsp3) is 0.700. The average molecular weight is 205 g/mol. The Morgan fingerprint density at radius 2 is 2.23 bits per heavy atom. The maximum Gasteiger partial charge on any atom is 0.334 e. The highest BCUT2D eigenvalue weighted by atomic mass is 35.5. The Hall–Kier alpha value is -0.500. The van der Waals surface area contributed by atoms with Gasteiger partial charge in [-0.1, -0.05) is 31.0 Å². The summed E-state index contributed by atoms with van der Waals surface area (Å²) >= 11 is 5.79. The molecule has 0 heterocycles. The van der Waals surface area contributed by atoms with E-state index in [2.05, 4.69) is 6.92 Å². The Kier molecular flexibility index (Phi) is 6.69. The minimum absolute atomic E-state index is 0.321. The van der Waals surface area contributed by atoms with Crippen molar-refractivity contribution in [2.45, 2.75) is 45.6 Å². The normalized spacial score (nSPS) is 14.0. The molecular weight excluding hydrogens is 188 g/mol. The number of esters is 1. The molecule has 0 aromatic heterocycles. The van der Waals surface area contributed by atoms with Crippen molar-refractivity contribution in [3.8, 4) is 0 Å². The first-order valence-corrected chi connectivity index (χ1v) is 5.03. The monoisotopic (exact) mass is 204 g/mol. The van der Waals surface area contributed by atoms with E-state index in [0.717, 1.165) is 19.3 Å². The summed E-state index contributed by atoms with van der Waals surface area (Å²) in [6.07, 6.45) is 4.48. The SMILES string of the molecule is CC=C(C)C(=O)OC(Cl)CCCC. The molecule has 0 saturated carbocycles. The van der Waals surface area contributed by atoms with Gasteiger partial charge in [0.15, 0.2) is 5.56 Å². The number of ether oxygens (including phenoxy) is 1. The molecule has 0 fully saturated rings. The molecule has 0 aliphatic carbocycles. The van der Waals surface area contributed by atoms with Gasteiger partial charge < -0.3 is 4.74 Å². The molecule has 0 amide bonds. The number of hydrogen-bond acceptors (Lipinski definition) is 2. The minimum atomic E-state index is -0.484. The second-order valence-corrected chi connectivity index (χ2v) is 3.42. The summed E-state index contributed by atoms with van der Waals surface area (Å²) in [7, 11) is 0. The molecule has 0 aromatic carbocycles. The van der Waals surface area contributed by atoms with Gasteiger partial charge in [0.25, 0.3) is 0 Å². The molecule has 0 bridgehead atoms. The fourth-order valence-corrected chi connectivity index (χ4v) is 0.986. The maximum absolute atomic E-state index is 11.2. The van der Waals surface area contributed by atoms with Crippen LogP contribution in [0, 0.1) is 0 Å². The van der Waals surface area contributed by atoms with E-state index in [1.54, 1.807) is 19.9 Å². The van der Waals surface area contributed by atoms with Crippen molar-refractivity contribution in [1.82, 2.24) is 0 Å². The van der Waals surface area contributed by atoms with Crippen LogP contribution in [0.5, 0.6) is 0 Å². The molecule has 0 spiro atoms. The molecule has 1 unspecified atom stereocenters. The van der Waals surface area contributed by atoms with Gasteiger partial charge in [0.2, 0.25) is 0 Å². The first kappa shape index (κ1) is 12.5. The summed E-state index contributed by atoms with van der Waals surface area (Å²) in [5, 5.41) is 0. The van der Waals surface area contributed by atoms with E-state index in [-0.39, 0.29) is 5.97 Å². The zero-order chi connectivity index (χ0) is 10.3. The van der Waals surface area contributed by atoms with E-state index in [4.69, 9.17) is 16.3 Å². The molecule has 76 valence electrons. The molecule has 3 heteroatoms. The lowest BCUT2D eigenvalue weighted by atomic mass is 10.2. The molecule has 0 rings (SSSR count).